The fourth-order valence-electron chi connectivity index (χ4n) is 2.61. The predicted octanol–water partition coefficient (Wildman–Crippen LogP) is 4.90. The molecule has 1 N–H and O–H groups in total. The Morgan fingerprint density at radius 3 is 2.64 bits per heavy atom. The molecule has 0 bridgehead atoms. The summed E-state index contributed by atoms with van der Waals surface area (Å²) in [6, 6.07) is 10.3. The number of hydrazone groups is 1. The van der Waals surface area contributed by atoms with Crippen molar-refractivity contribution in [3.8, 4) is 11.5 Å². The first kappa shape index (κ1) is 23.6. The molecule has 1 aromatic carbocycles. The molecule has 3 aromatic rings. The normalized spacial score (nSPS) is 11.4. The summed E-state index contributed by atoms with van der Waals surface area (Å²) in [7, 11) is 1.26. The number of furan rings is 1. The molecule has 0 aliphatic heterocycles. The highest BCUT2D eigenvalue weighted by Gasteiger charge is 2.30. The maximum absolute atomic E-state index is 12.6. The number of carbonyl (C=O) groups is 1. The fourth-order valence-corrected chi connectivity index (χ4v) is 2.61. The van der Waals surface area contributed by atoms with Gasteiger partial charge in [0.2, 0.25) is 5.76 Å². The SMILES string of the molecule is CCOc1cc(C=NNc2ccc(C(F)(F)F)cn2)ccc1OCc1ccc(C(=O)OC)o1. The summed E-state index contributed by atoms with van der Waals surface area (Å²) in [5.74, 6) is 0.977. The van der Waals surface area contributed by atoms with Gasteiger partial charge < -0.3 is 18.6 Å². The van der Waals surface area contributed by atoms with Crippen LogP contribution in [0.5, 0.6) is 11.5 Å². The molecule has 0 radical (unpaired) electrons. The van der Waals surface area contributed by atoms with Gasteiger partial charge in [-0.2, -0.15) is 18.3 Å². The number of hydrogen-bond acceptors (Lipinski definition) is 8. The number of halogens is 3. The monoisotopic (exact) mass is 463 g/mol. The molecular formula is C22H20F3N3O5. The van der Waals surface area contributed by atoms with Crippen LogP contribution in [0.4, 0.5) is 19.0 Å². The summed E-state index contributed by atoms with van der Waals surface area (Å²) >= 11 is 0. The zero-order valence-corrected chi connectivity index (χ0v) is 17.7. The van der Waals surface area contributed by atoms with E-state index in [0.29, 0.717) is 29.4 Å². The number of nitrogens with zero attached hydrogens (tertiary/aromatic N) is 2. The summed E-state index contributed by atoms with van der Waals surface area (Å²) in [6.07, 6.45) is -2.26. The molecule has 0 unspecified atom stereocenters. The van der Waals surface area contributed by atoms with Crippen molar-refractivity contribution in [2.24, 2.45) is 5.10 Å². The van der Waals surface area contributed by atoms with Gasteiger partial charge in [-0.25, -0.2) is 9.78 Å². The molecule has 0 aliphatic rings. The number of nitrogens with one attached hydrogen (secondary N) is 1. The maximum Gasteiger partial charge on any atom is 0.417 e. The Morgan fingerprint density at radius 1 is 1.15 bits per heavy atom. The summed E-state index contributed by atoms with van der Waals surface area (Å²) in [6.45, 7) is 2.26. The first-order chi connectivity index (χ1) is 15.8. The van der Waals surface area contributed by atoms with Gasteiger partial charge in [-0.1, -0.05) is 0 Å². The van der Waals surface area contributed by atoms with E-state index in [9.17, 15) is 18.0 Å². The van der Waals surface area contributed by atoms with E-state index in [-0.39, 0.29) is 18.2 Å². The van der Waals surface area contributed by atoms with Crippen LogP contribution < -0.4 is 14.9 Å². The minimum atomic E-state index is -4.45. The Hall–Kier alpha value is -4.02. The minimum Gasteiger partial charge on any atom is -0.490 e. The van der Waals surface area contributed by atoms with Gasteiger partial charge in [-0.05, 0) is 55.0 Å². The summed E-state index contributed by atoms with van der Waals surface area (Å²) in [5, 5.41) is 3.98. The summed E-state index contributed by atoms with van der Waals surface area (Å²) in [5.41, 5.74) is 2.38. The van der Waals surface area contributed by atoms with Crippen LogP contribution in [0.1, 0.15) is 34.4 Å². The van der Waals surface area contributed by atoms with E-state index in [0.717, 1.165) is 12.3 Å². The predicted molar refractivity (Wildman–Crippen MR) is 112 cm³/mol. The lowest BCUT2D eigenvalue weighted by Crippen LogP contribution is -2.05. The van der Waals surface area contributed by atoms with Crippen LogP contribution in [-0.2, 0) is 17.5 Å². The molecule has 0 amide bonds. The number of methoxy groups -OCH3 is 1. The highest BCUT2D eigenvalue weighted by molar-refractivity contribution is 5.86. The standard InChI is InChI=1S/C22H20F3N3O5/c1-3-31-19-10-14(11-27-28-20-9-5-15(12-26-20)22(23,24)25)4-7-17(19)32-13-16-6-8-18(33-16)21(29)30-2/h4-12H,3,13H2,1-2H3,(H,26,28). The molecular weight excluding hydrogens is 443 g/mol. The van der Waals surface area contributed by atoms with Gasteiger partial charge in [0.1, 0.15) is 18.2 Å². The van der Waals surface area contributed by atoms with Crippen molar-refractivity contribution in [1.29, 1.82) is 0 Å². The largest absolute Gasteiger partial charge is 0.490 e. The average Bonchev–Trinajstić information content (AvgIpc) is 3.27. The van der Waals surface area contributed by atoms with Crippen molar-refractivity contribution in [3.05, 3.63) is 71.3 Å². The molecule has 2 heterocycles. The highest BCUT2D eigenvalue weighted by Crippen LogP contribution is 2.30. The Balaban J connectivity index is 1.64. The second kappa shape index (κ2) is 10.5. The van der Waals surface area contributed by atoms with Gasteiger partial charge in [-0.15, -0.1) is 0 Å². The third-order valence-electron chi connectivity index (χ3n) is 4.17. The van der Waals surface area contributed by atoms with Crippen molar-refractivity contribution in [2.45, 2.75) is 19.7 Å². The van der Waals surface area contributed by atoms with Crippen molar-refractivity contribution in [3.63, 3.8) is 0 Å². The number of aromatic nitrogens is 1. The van der Waals surface area contributed by atoms with Crippen molar-refractivity contribution < 1.29 is 36.6 Å². The van der Waals surface area contributed by atoms with Gasteiger partial charge in [-0.3, -0.25) is 5.43 Å². The van der Waals surface area contributed by atoms with Crippen LogP contribution in [0.15, 0.2) is 58.2 Å². The van der Waals surface area contributed by atoms with Crippen molar-refractivity contribution in [1.82, 2.24) is 4.98 Å². The van der Waals surface area contributed by atoms with E-state index in [4.69, 9.17) is 13.9 Å². The lowest BCUT2D eigenvalue weighted by molar-refractivity contribution is -0.137. The third-order valence-corrected chi connectivity index (χ3v) is 4.17. The Labute approximate surface area is 187 Å². The van der Waals surface area contributed by atoms with Gasteiger partial charge in [0.05, 0.1) is 25.5 Å². The molecule has 0 aliphatic carbocycles. The number of anilines is 1. The van der Waals surface area contributed by atoms with Crippen LogP contribution in [-0.4, -0.2) is 30.9 Å². The quantitative estimate of drug-likeness (QED) is 0.274. The van der Waals surface area contributed by atoms with E-state index in [2.05, 4.69) is 20.2 Å². The smallest absolute Gasteiger partial charge is 0.417 e. The Morgan fingerprint density at radius 2 is 1.97 bits per heavy atom. The minimum absolute atomic E-state index is 0.0612. The van der Waals surface area contributed by atoms with Gasteiger partial charge in [0, 0.05) is 6.20 Å². The molecule has 174 valence electrons. The van der Waals surface area contributed by atoms with E-state index >= 15 is 0 Å². The highest BCUT2D eigenvalue weighted by atomic mass is 19.4. The molecule has 3 rings (SSSR count). The van der Waals surface area contributed by atoms with Crippen LogP contribution in [0, 0.1) is 0 Å². The van der Waals surface area contributed by atoms with E-state index < -0.39 is 17.7 Å². The third kappa shape index (κ3) is 6.48. The molecule has 11 heteroatoms. The first-order valence-corrected chi connectivity index (χ1v) is 9.69. The topological polar surface area (TPSA) is 95.2 Å². The number of rotatable bonds is 9. The molecule has 0 spiro atoms. The molecule has 0 saturated carbocycles. The fraction of sp³-hybridized carbons (Fsp3) is 0.227. The van der Waals surface area contributed by atoms with E-state index in [1.807, 2.05) is 6.92 Å². The number of hydrogen-bond donors (Lipinski definition) is 1. The van der Waals surface area contributed by atoms with Crippen LogP contribution in [0.2, 0.25) is 0 Å². The summed E-state index contributed by atoms with van der Waals surface area (Å²) in [4.78, 5) is 15.1. The number of esters is 1. The molecule has 0 fully saturated rings. The van der Waals surface area contributed by atoms with Gasteiger partial charge in [0.15, 0.2) is 11.5 Å². The van der Waals surface area contributed by atoms with Gasteiger partial charge >= 0.3 is 12.1 Å². The van der Waals surface area contributed by atoms with Crippen molar-refractivity contribution >= 4 is 18.0 Å². The Kier molecular flexibility index (Phi) is 7.54. The number of benzene rings is 1. The lowest BCUT2D eigenvalue weighted by Gasteiger charge is -2.11. The van der Waals surface area contributed by atoms with E-state index in [1.165, 1.54) is 25.5 Å². The van der Waals surface area contributed by atoms with Gasteiger partial charge in [0.25, 0.3) is 0 Å². The average molecular weight is 463 g/mol. The number of carbonyl (C=O) groups excluding carboxylic acids is 1. The lowest BCUT2D eigenvalue weighted by atomic mass is 10.2. The second-order valence-corrected chi connectivity index (χ2v) is 6.49. The first-order valence-electron chi connectivity index (χ1n) is 9.69. The molecule has 2 aromatic heterocycles. The van der Waals surface area contributed by atoms with E-state index in [1.54, 1.807) is 24.3 Å². The zero-order chi connectivity index (χ0) is 23.8. The van der Waals surface area contributed by atoms with Crippen molar-refractivity contribution in [2.75, 3.05) is 19.1 Å². The van der Waals surface area contributed by atoms with Crippen LogP contribution in [0.25, 0.3) is 0 Å². The number of alkyl halides is 3. The van der Waals surface area contributed by atoms with Crippen LogP contribution in [0.3, 0.4) is 0 Å². The number of ether oxygens (including phenoxy) is 3. The maximum atomic E-state index is 12.6. The molecule has 0 atom stereocenters. The number of pyridine rings is 1. The summed E-state index contributed by atoms with van der Waals surface area (Å²) < 4.78 is 59.1. The Bertz CT molecular complexity index is 1110. The zero-order valence-electron chi connectivity index (χ0n) is 17.7. The van der Waals surface area contributed by atoms with Crippen LogP contribution >= 0.6 is 0 Å². The molecule has 33 heavy (non-hydrogen) atoms. The molecule has 0 saturated heterocycles. The molecule has 8 nitrogen and oxygen atoms in total. The second-order valence-electron chi connectivity index (χ2n) is 6.49.